The van der Waals surface area contributed by atoms with Crippen molar-refractivity contribution in [3.63, 3.8) is 0 Å². The lowest BCUT2D eigenvalue weighted by atomic mass is 10.0. The predicted octanol–water partition coefficient (Wildman–Crippen LogP) is 4.54. The number of fused-ring (bicyclic) bond motifs is 1. The molecule has 6 nitrogen and oxygen atoms in total. The van der Waals surface area contributed by atoms with Gasteiger partial charge in [-0.15, -0.1) is 10.2 Å². The summed E-state index contributed by atoms with van der Waals surface area (Å²) in [5.41, 5.74) is 5.72. The van der Waals surface area contributed by atoms with Crippen LogP contribution in [0.4, 0.5) is 5.13 Å². The second-order valence-electron chi connectivity index (χ2n) is 8.32. The molecule has 1 fully saturated rings. The van der Waals surface area contributed by atoms with Crippen LogP contribution in [0.3, 0.4) is 0 Å². The molecule has 3 aromatic rings. The molecule has 0 spiro atoms. The van der Waals surface area contributed by atoms with E-state index < -0.39 is 0 Å². The Balaban J connectivity index is 1.38. The summed E-state index contributed by atoms with van der Waals surface area (Å²) >= 11 is 1.62. The van der Waals surface area contributed by atoms with Crippen LogP contribution in [0.25, 0.3) is 16.1 Å². The highest BCUT2D eigenvalue weighted by atomic mass is 32.1. The van der Waals surface area contributed by atoms with Crippen molar-refractivity contribution in [2.24, 2.45) is 0 Å². The molecule has 1 aliphatic carbocycles. The van der Waals surface area contributed by atoms with Crippen molar-refractivity contribution >= 4 is 22.0 Å². The van der Waals surface area contributed by atoms with Gasteiger partial charge in [-0.05, 0) is 62.9 Å². The van der Waals surface area contributed by atoms with E-state index in [-0.39, 0.29) is 6.10 Å². The van der Waals surface area contributed by atoms with Crippen molar-refractivity contribution < 1.29 is 4.74 Å². The van der Waals surface area contributed by atoms with Crippen LogP contribution in [0, 0.1) is 0 Å². The molecule has 0 radical (unpaired) electrons. The maximum atomic E-state index is 5.79. The Morgan fingerprint density at radius 3 is 2.97 bits per heavy atom. The third-order valence-electron chi connectivity index (χ3n) is 5.58. The van der Waals surface area contributed by atoms with Crippen molar-refractivity contribution in [1.82, 2.24) is 20.5 Å². The zero-order chi connectivity index (χ0) is 21.2. The molecule has 2 aromatic heterocycles. The van der Waals surface area contributed by atoms with E-state index in [9.17, 15) is 0 Å². The molecule has 160 valence electrons. The number of anilines is 1. The third-order valence-corrected chi connectivity index (χ3v) is 6.48. The lowest BCUT2D eigenvalue weighted by molar-refractivity contribution is 0.232. The maximum Gasteiger partial charge on any atom is 0.214 e. The van der Waals surface area contributed by atoms with Crippen LogP contribution in [0.5, 0.6) is 5.88 Å². The monoisotopic (exact) mass is 433 g/mol. The standard InChI is InChI=1S/C24H27N5OS/c1-15(2)30-22-7-3-6-21(27-22)19-11-10-16-8-9-17(13-20(16)19)23-28-29-24(31-23)26-18-5-4-12-25-14-18/h3,6-9,11,13,15,18,25H,4-5,10,12,14H2,1-2H3,(H,26,29). The number of hydrogen-bond acceptors (Lipinski definition) is 7. The van der Waals surface area contributed by atoms with Gasteiger partial charge < -0.3 is 15.4 Å². The second kappa shape index (κ2) is 8.77. The lowest BCUT2D eigenvalue weighted by Crippen LogP contribution is -2.38. The fraction of sp³-hybridized carbons (Fsp3) is 0.375. The van der Waals surface area contributed by atoms with E-state index in [1.165, 1.54) is 24.0 Å². The largest absolute Gasteiger partial charge is 0.475 e. The highest BCUT2D eigenvalue weighted by molar-refractivity contribution is 7.18. The molecule has 1 atom stereocenters. The Hall–Kier alpha value is -2.77. The van der Waals surface area contributed by atoms with Crippen LogP contribution in [0.15, 0.2) is 42.5 Å². The summed E-state index contributed by atoms with van der Waals surface area (Å²) in [6.45, 7) is 6.11. The van der Waals surface area contributed by atoms with E-state index in [2.05, 4.69) is 45.1 Å². The minimum absolute atomic E-state index is 0.101. The van der Waals surface area contributed by atoms with E-state index >= 15 is 0 Å². The second-order valence-corrected chi connectivity index (χ2v) is 9.30. The van der Waals surface area contributed by atoms with Gasteiger partial charge in [0.1, 0.15) is 5.01 Å². The van der Waals surface area contributed by atoms with Gasteiger partial charge in [0.05, 0.1) is 11.8 Å². The van der Waals surface area contributed by atoms with Gasteiger partial charge in [-0.3, -0.25) is 0 Å². The van der Waals surface area contributed by atoms with Crippen molar-refractivity contribution in [3.05, 3.63) is 59.3 Å². The van der Waals surface area contributed by atoms with Gasteiger partial charge in [-0.2, -0.15) is 0 Å². The number of piperidine rings is 1. The molecule has 5 rings (SSSR count). The Kier molecular flexibility index (Phi) is 5.70. The number of nitrogens with zero attached hydrogens (tertiary/aromatic N) is 3. The van der Waals surface area contributed by atoms with E-state index in [0.717, 1.165) is 46.5 Å². The lowest BCUT2D eigenvalue weighted by Gasteiger charge is -2.23. The van der Waals surface area contributed by atoms with Crippen molar-refractivity contribution in [3.8, 4) is 16.5 Å². The molecule has 0 amide bonds. The fourth-order valence-electron chi connectivity index (χ4n) is 4.12. The Bertz CT molecular complexity index is 1100. The first-order valence-corrected chi connectivity index (χ1v) is 11.8. The molecule has 3 heterocycles. The molecular weight excluding hydrogens is 406 g/mol. The van der Waals surface area contributed by atoms with E-state index in [4.69, 9.17) is 9.72 Å². The number of pyridine rings is 1. The number of hydrogen-bond donors (Lipinski definition) is 2. The van der Waals surface area contributed by atoms with E-state index in [1.807, 2.05) is 32.0 Å². The SMILES string of the molecule is CC(C)Oc1cccc(C2=CCc3ccc(-c4nnc(NC5CCCNC5)s4)cc32)n1. The molecular formula is C24H27N5OS. The first-order chi connectivity index (χ1) is 15.2. The quantitative estimate of drug-likeness (QED) is 0.595. The van der Waals surface area contributed by atoms with Gasteiger partial charge in [0.25, 0.3) is 0 Å². The zero-order valence-electron chi connectivity index (χ0n) is 17.9. The average Bonchev–Trinajstić information content (AvgIpc) is 3.41. The van der Waals surface area contributed by atoms with Gasteiger partial charge in [0.2, 0.25) is 11.0 Å². The van der Waals surface area contributed by atoms with E-state index in [1.54, 1.807) is 11.3 Å². The van der Waals surface area contributed by atoms with Crippen LogP contribution in [0.1, 0.15) is 43.5 Å². The van der Waals surface area contributed by atoms with Crippen molar-refractivity contribution in [2.75, 3.05) is 18.4 Å². The van der Waals surface area contributed by atoms with Crippen LogP contribution in [0.2, 0.25) is 0 Å². The predicted molar refractivity (Wildman–Crippen MR) is 126 cm³/mol. The molecule has 7 heteroatoms. The summed E-state index contributed by atoms with van der Waals surface area (Å²) in [6.07, 6.45) is 5.63. The summed E-state index contributed by atoms with van der Waals surface area (Å²) in [6, 6.07) is 13.0. The van der Waals surface area contributed by atoms with Crippen molar-refractivity contribution in [1.29, 1.82) is 0 Å². The first-order valence-electron chi connectivity index (χ1n) is 10.9. The fourth-order valence-corrected chi connectivity index (χ4v) is 4.94. The average molecular weight is 434 g/mol. The first kappa shape index (κ1) is 20.2. The molecule has 1 saturated heterocycles. The summed E-state index contributed by atoms with van der Waals surface area (Å²) < 4.78 is 5.79. The molecule has 1 aromatic carbocycles. The summed E-state index contributed by atoms with van der Waals surface area (Å²) in [4.78, 5) is 4.73. The smallest absolute Gasteiger partial charge is 0.214 e. The number of ether oxygens (including phenoxy) is 1. The van der Waals surface area contributed by atoms with Crippen molar-refractivity contribution in [2.45, 2.75) is 45.3 Å². The summed E-state index contributed by atoms with van der Waals surface area (Å²) in [5, 5.41) is 17.6. The normalized spacial score (nSPS) is 18.0. The summed E-state index contributed by atoms with van der Waals surface area (Å²) in [7, 11) is 0. The van der Waals surface area contributed by atoms with Gasteiger partial charge >= 0.3 is 0 Å². The Morgan fingerprint density at radius 1 is 1.19 bits per heavy atom. The molecule has 0 bridgehead atoms. The topological polar surface area (TPSA) is 72.0 Å². The molecule has 2 N–H and O–H groups in total. The minimum Gasteiger partial charge on any atom is -0.475 e. The van der Waals surface area contributed by atoms with Crippen LogP contribution in [-0.4, -0.2) is 40.4 Å². The van der Waals surface area contributed by atoms with Gasteiger partial charge in [0.15, 0.2) is 0 Å². The van der Waals surface area contributed by atoms with E-state index in [0.29, 0.717) is 11.9 Å². The molecule has 1 aliphatic heterocycles. The van der Waals surface area contributed by atoms with Crippen LogP contribution < -0.4 is 15.4 Å². The number of allylic oxidation sites excluding steroid dienone is 1. The molecule has 2 aliphatic rings. The summed E-state index contributed by atoms with van der Waals surface area (Å²) in [5.74, 6) is 0.662. The van der Waals surface area contributed by atoms with Crippen LogP contribution in [-0.2, 0) is 6.42 Å². The van der Waals surface area contributed by atoms with Gasteiger partial charge in [-0.1, -0.05) is 35.6 Å². The number of rotatable bonds is 6. The zero-order valence-corrected chi connectivity index (χ0v) is 18.7. The molecule has 1 unspecified atom stereocenters. The van der Waals surface area contributed by atoms with Crippen LogP contribution >= 0.6 is 11.3 Å². The Morgan fingerprint density at radius 2 is 2.13 bits per heavy atom. The highest BCUT2D eigenvalue weighted by Crippen LogP contribution is 2.36. The van der Waals surface area contributed by atoms with Gasteiger partial charge in [-0.25, -0.2) is 4.98 Å². The van der Waals surface area contributed by atoms with Gasteiger partial charge in [0, 0.05) is 29.8 Å². The third kappa shape index (κ3) is 4.48. The molecule has 0 saturated carbocycles. The maximum absolute atomic E-state index is 5.79. The Labute approximate surface area is 186 Å². The minimum atomic E-state index is 0.101. The highest BCUT2D eigenvalue weighted by Gasteiger charge is 2.20. The number of aromatic nitrogens is 3. The number of benzene rings is 1. The number of nitrogens with one attached hydrogen (secondary N) is 2. The molecule has 31 heavy (non-hydrogen) atoms.